The Labute approximate surface area is 203 Å². The number of nitrogens with two attached hydrogens (primary N) is 3. The van der Waals surface area contributed by atoms with Crippen LogP contribution >= 0.6 is 12.4 Å². The molecule has 3 atom stereocenters. The molecule has 0 aliphatic rings. The Hall–Kier alpha value is -3.66. The number of carbonyl (C=O) groups is 2. The first-order valence-corrected chi connectivity index (χ1v) is 10.4. The lowest BCUT2D eigenvalue weighted by Gasteiger charge is -2.26. The number of hydrogen-bond donors (Lipinski definition) is 5. The SMILES string of the molecule is Cl.NC(N)=NCC(C[C@H](N)C(=O)O)C(ONc1ccc2ccccc2c1)C(=O)c1ccccc1. The zero-order valence-electron chi connectivity index (χ0n) is 18.3. The third kappa shape index (κ3) is 7.17. The van der Waals surface area contributed by atoms with Crippen LogP contribution in [0.15, 0.2) is 77.8 Å². The molecule has 0 bridgehead atoms. The average Bonchev–Trinajstić information content (AvgIpc) is 2.82. The summed E-state index contributed by atoms with van der Waals surface area (Å²) in [5.74, 6) is -2.44. The average molecular weight is 486 g/mol. The van der Waals surface area contributed by atoms with E-state index in [1.54, 1.807) is 30.3 Å². The van der Waals surface area contributed by atoms with Crippen LogP contribution in [0.1, 0.15) is 16.8 Å². The summed E-state index contributed by atoms with van der Waals surface area (Å²) in [6.07, 6.45) is -1.18. The van der Waals surface area contributed by atoms with Gasteiger partial charge in [0.15, 0.2) is 17.8 Å². The van der Waals surface area contributed by atoms with E-state index in [0.717, 1.165) is 10.8 Å². The number of hydrogen-bond acceptors (Lipinski definition) is 6. The summed E-state index contributed by atoms with van der Waals surface area (Å²) < 4.78 is 0. The summed E-state index contributed by atoms with van der Waals surface area (Å²) in [7, 11) is 0. The lowest BCUT2D eigenvalue weighted by molar-refractivity contribution is -0.139. The number of aliphatic imine (C=N–C) groups is 1. The summed E-state index contributed by atoms with van der Waals surface area (Å²) in [4.78, 5) is 34.6. The van der Waals surface area contributed by atoms with Crippen LogP contribution in [-0.2, 0) is 9.63 Å². The van der Waals surface area contributed by atoms with Gasteiger partial charge < -0.3 is 22.3 Å². The maximum atomic E-state index is 13.4. The maximum Gasteiger partial charge on any atom is 0.320 e. The summed E-state index contributed by atoms with van der Waals surface area (Å²) in [6, 6.07) is 20.8. The molecule has 0 heterocycles. The van der Waals surface area contributed by atoms with Crippen LogP contribution in [0, 0.1) is 5.92 Å². The van der Waals surface area contributed by atoms with Crippen molar-refractivity contribution in [2.45, 2.75) is 18.6 Å². The van der Waals surface area contributed by atoms with E-state index in [2.05, 4.69) is 10.5 Å². The van der Waals surface area contributed by atoms with Crippen LogP contribution in [0.4, 0.5) is 5.69 Å². The molecule has 0 radical (unpaired) electrons. The molecule has 10 heteroatoms. The van der Waals surface area contributed by atoms with Crippen molar-refractivity contribution in [1.29, 1.82) is 0 Å². The zero-order chi connectivity index (χ0) is 23.8. The lowest BCUT2D eigenvalue weighted by Crippen LogP contribution is -2.42. The second-order valence-electron chi connectivity index (χ2n) is 7.64. The van der Waals surface area contributed by atoms with Gasteiger partial charge in [-0.25, -0.2) is 0 Å². The van der Waals surface area contributed by atoms with Crippen LogP contribution < -0.4 is 22.7 Å². The monoisotopic (exact) mass is 485 g/mol. The van der Waals surface area contributed by atoms with Gasteiger partial charge in [-0.1, -0.05) is 60.7 Å². The van der Waals surface area contributed by atoms with Crippen molar-refractivity contribution >= 4 is 46.6 Å². The first-order valence-electron chi connectivity index (χ1n) is 10.4. The first-order chi connectivity index (χ1) is 15.8. The molecule has 2 unspecified atom stereocenters. The van der Waals surface area contributed by atoms with Crippen LogP contribution in [0.25, 0.3) is 10.8 Å². The Morgan fingerprint density at radius 1 is 0.971 bits per heavy atom. The molecule has 0 aromatic heterocycles. The Morgan fingerprint density at radius 3 is 2.26 bits per heavy atom. The quantitative estimate of drug-likeness (QED) is 0.119. The fourth-order valence-electron chi connectivity index (χ4n) is 3.46. The molecule has 0 saturated heterocycles. The lowest BCUT2D eigenvalue weighted by atomic mass is 9.89. The van der Waals surface area contributed by atoms with E-state index in [4.69, 9.17) is 22.0 Å². The molecule has 0 aliphatic carbocycles. The second-order valence-corrected chi connectivity index (χ2v) is 7.64. The molecule has 9 nitrogen and oxygen atoms in total. The number of guanidine groups is 1. The number of fused-ring (bicyclic) bond motifs is 1. The van der Waals surface area contributed by atoms with Gasteiger partial charge in [0.2, 0.25) is 0 Å². The molecular weight excluding hydrogens is 458 g/mol. The van der Waals surface area contributed by atoms with Crippen molar-refractivity contribution in [1.82, 2.24) is 0 Å². The number of ketones is 1. The summed E-state index contributed by atoms with van der Waals surface area (Å²) in [5, 5.41) is 11.3. The van der Waals surface area contributed by atoms with E-state index in [9.17, 15) is 14.7 Å². The van der Waals surface area contributed by atoms with Crippen molar-refractivity contribution in [2.75, 3.05) is 12.0 Å². The van der Waals surface area contributed by atoms with E-state index in [0.29, 0.717) is 11.3 Å². The predicted octanol–water partition coefficient (Wildman–Crippen LogP) is 2.55. The van der Waals surface area contributed by atoms with Crippen LogP contribution in [0.2, 0.25) is 0 Å². The Kier molecular flexibility index (Phi) is 9.81. The fraction of sp³-hybridized carbons (Fsp3) is 0.208. The zero-order valence-corrected chi connectivity index (χ0v) is 19.2. The van der Waals surface area contributed by atoms with Gasteiger partial charge in [-0.05, 0) is 29.3 Å². The molecule has 0 amide bonds. The van der Waals surface area contributed by atoms with Crippen molar-refractivity contribution in [3.8, 4) is 0 Å². The van der Waals surface area contributed by atoms with Crippen molar-refractivity contribution in [3.63, 3.8) is 0 Å². The van der Waals surface area contributed by atoms with Crippen LogP contribution in [0.3, 0.4) is 0 Å². The molecule has 8 N–H and O–H groups in total. The number of Topliss-reactive ketones (excluding diaryl/α,β-unsaturated/α-hetero) is 1. The Balaban J connectivity index is 0.00000408. The highest BCUT2D eigenvalue weighted by Crippen LogP contribution is 2.23. The molecule has 180 valence electrons. The number of nitrogens with zero attached hydrogens (tertiary/aromatic N) is 1. The van der Waals surface area contributed by atoms with E-state index < -0.39 is 24.0 Å². The minimum atomic E-state index is -1.22. The molecule has 3 aromatic rings. The fourth-order valence-corrected chi connectivity index (χ4v) is 3.46. The van der Waals surface area contributed by atoms with E-state index >= 15 is 0 Å². The molecule has 3 rings (SSSR count). The molecular formula is C24H28ClN5O4. The molecule has 0 aliphatic heterocycles. The Morgan fingerprint density at radius 2 is 1.62 bits per heavy atom. The predicted molar refractivity (Wildman–Crippen MR) is 135 cm³/mol. The topological polar surface area (TPSA) is 166 Å². The largest absolute Gasteiger partial charge is 0.480 e. The highest BCUT2D eigenvalue weighted by molar-refractivity contribution is 5.99. The third-order valence-corrected chi connectivity index (χ3v) is 5.18. The van der Waals surface area contributed by atoms with Gasteiger partial charge >= 0.3 is 5.97 Å². The smallest absolute Gasteiger partial charge is 0.320 e. The van der Waals surface area contributed by atoms with E-state index in [1.807, 2.05) is 42.5 Å². The highest BCUT2D eigenvalue weighted by atomic mass is 35.5. The van der Waals surface area contributed by atoms with E-state index in [1.165, 1.54) is 0 Å². The van der Waals surface area contributed by atoms with Crippen molar-refractivity contribution < 1.29 is 19.5 Å². The number of aliphatic carboxylic acids is 1. The molecule has 34 heavy (non-hydrogen) atoms. The molecule has 3 aromatic carbocycles. The van der Waals surface area contributed by atoms with Gasteiger partial charge in [0.25, 0.3) is 0 Å². The number of halogens is 1. The Bertz CT molecular complexity index is 1140. The second kappa shape index (κ2) is 12.5. The minimum absolute atomic E-state index is 0. The minimum Gasteiger partial charge on any atom is -0.480 e. The number of nitrogens with one attached hydrogen (secondary N) is 1. The maximum absolute atomic E-state index is 13.4. The molecule has 0 fully saturated rings. The van der Waals surface area contributed by atoms with Crippen molar-refractivity contribution in [2.24, 2.45) is 28.1 Å². The number of carbonyl (C=O) groups excluding carboxylic acids is 1. The molecule has 0 saturated carbocycles. The van der Waals surface area contributed by atoms with E-state index in [-0.39, 0.29) is 37.1 Å². The van der Waals surface area contributed by atoms with Crippen LogP contribution in [0.5, 0.6) is 0 Å². The van der Waals surface area contributed by atoms with Gasteiger partial charge in [0.1, 0.15) is 6.04 Å². The number of benzene rings is 3. The van der Waals surface area contributed by atoms with Crippen molar-refractivity contribution in [3.05, 3.63) is 78.4 Å². The summed E-state index contributed by atoms with van der Waals surface area (Å²) >= 11 is 0. The number of carboxylic acids is 1. The third-order valence-electron chi connectivity index (χ3n) is 5.18. The highest BCUT2D eigenvalue weighted by Gasteiger charge is 2.33. The van der Waals surface area contributed by atoms with Gasteiger partial charge in [-0.15, -0.1) is 12.4 Å². The number of anilines is 1. The van der Waals surface area contributed by atoms with Gasteiger partial charge in [-0.2, -0.15) is 0 Å². The van der Waals surface area contributed by atoms with Gasteiger partial charge in [0.05, 0.1) is 5.69 Å². The van der Waals surface area contributed by atoms with Gasteiger partial charge in [0, 0.05) is 18.0 Å². The first kappa shape index (κ1) is 26.6. The van der Waals surface area contributed by atoms with Crippen LogP contribution in [-0.4, -0.2) is 41.5 Å². The summed E-state index contributed by atoms with van der Waals surface area (Å²) in [6.45, 7) is -0.0358. The standard InChI is InChI=1S/C24H27N5O4.ClH/c25-20(23(31)32)13-18(14-28-24(26)27)22(21(30)16-7-2-1-3-8-16)33-29-19-11-10-15-6-4-5-9-17(15)12-19;/h1-12,18,20,22,29H,13-14,25H2,(H,31,32)(H4,26,27,28);1H/t18?,20-,22?;/m0./s1. The normalized spacial score (nSPS) is 13.2. The summed E-state index contributed by atoms with van der Waals surface area (Å²) in [5.41, 5.74) is 20.6. The molecule has 0 spiro atoms. The number of rotatable bonds is 11. The van der Waals surface area contributed by atoms with Gasteiger partial charge in [-0.3, -0.25) is 24.9 Å². The number of carboxylic acid groups (broad SMARTS) is 1.